The Labute approximate surface area is 151 Å². The molecule has 3 rings (SSSR count). The average Bonchev–Trinajstić information content (AvgIpc) is 2.64. The molecule has 0 atom stereocenters. The Bertz CT molecular complexity index is 870. The first-order valence-corrected chi connectivity index (χ1v) is 8.58. The van der Waals surface area contributed by atoms with Crippen LogP contribution in [-0.2, 0) is 11.2 Å². The molecule has 1 aliphatic carbocycles. The molecule has 0 saturated carbocycles. The smallest absolute Gasteiger partial charge is 0.229 e. The van der Waals surface area contributed by atoms with E-state index in [1.54, 1.807) is 42.6 Å². The Kier molecular flexibility index (Phi) is 5.31. The number of hydrogen-bond acceptors (Lipinski definition) is 5. The standard InChI is InChI=1S/C20H21N3O3/c1-2-17-20(23-19(26)11-13-3-7-15(24)8-4-13)21-12-18(22-17)14-5-9-16(25)10-6-14/h3,5-7,9-10,12,24-25H,2,4,8,11H2,1H3,(H,21,23,26). The van der Waals surface area contributed by atoms with Gasteiger partial charge in [-0.1, -0.05) is 18.6 Å². The summed E-state index contributed by atoms with van der Waals surface area (Å²) in [5, 5.41) is 21.6. The lowest BCUT2D eigenvalue weighted by molar-refractivity contribution is -0.115. The number of amides is 1. The lowest BCUT2D eigenvalue weighted by atomic mass is 10.0. The monoisotopic (exact) mass is 351 g/mol. The number of phenolic OH excluding ortho intramolecular Hbond substituents is 1. The number of carbonyl (C=O) groups is 1. The molecule has 1 aromatic carbocycles. The third kappa shape index (κ3) is 4.27. The average molecular weight is 351 g/mol. The summed E-state index contributed by atoms with van der Waals surface area (Å²) in [5.74, 6) is 0.863. The van der Waals surface area contributed by atoms with Gasteiger partial charge in [0, 0.05) is 18.4 Å². The molecule has 0 fully saturated rings. The van der Waals surface area contributed by atoms with Crippen LogP contribution < -0.4 is 5.32 Å². The number of aliphatic hydroxyl groups excluding tert-OH is 1. The van der Waals surface area contributed by atoms with E-state index in [1.165, 1.54) is 0 Å². The maximum Gasteiger partial charge on any atom is 0.229 e. The highest BCUT2D eigenvalue weighted by Crippen LogP contribution is 2.23. The van der Waals surface area contributed by atoms with E-state index in [4.69, 9.17) is 0 Å². The first-order chi connectivity index (χ1) is 12.5. The van der Waals surface area contributed by atoms with Crippen LogP contribution in [0.1, 0.15) is 31.9 Å². The Morgan fingerprint density at radius 3 is 2.58 bits per heavy atom. The summed E-state index contributed by atoms with van der Waals surface area (Å²) in [6, 6.07) is 6.75. The molecule has 2 aromatic rings. The van der Waals surface area contributed by atoms with E-state index in [0.717, 1.165) is 11.1 Å². The molecule has 0 unspecified atom stereocenters. The summed E-state index contributed by atoms with van der Waals surface area (Å²) in [4.78, 5) is 21.2. The van der Waals surface area contributed by atoms with Gasteiger partial charge in [0.05, 0.1) is 23.3 Å². The maximum absolute atomic E-state index is 12.3. The predicted octanol–water partition coefficient (Wildman–Crippen LogP) is 3.90. The SMILES string of the molecule is CCc1nc(-c2ccc(O)cc2)cnc1NC(=O)CC1=CC=C(O)CC1. The molecule has 1 heterocycles. The second-order valence-electron chi connectivity index (χ2n) is 6.16. The number of hydrogen-bond donors (Lipinski definition) is 3. The van der Waals surface area contributed by atoms with Gasteiger partial charge in [-0.2, -0.15) is 0 Å². The van der Waals surface area contributed by atoms with Gasteiger partial charge in [0.2, 0.25) is 5.91 Å². The molecule has 6 nitrogen and oxygen atoms in total. The summed E-state index contributed by atoms with van der Waals surface area (Å²) in [7, 11) is 0. The number of anilines is 1. The number of nitrogens with zero attached hydrogens (tertiary/aromatic N) is 2. The molecule has 0 saturated heterocycles. The fraction of sp³-hybridized carbons (Fsp3) is 0.250. The third-order valence-electron chi connectivity index (χ3n) is 4.20. The highest BCUT2D eigenvalue weighted by Gasteiger charge is 2.14. The number of aliphatic hydroxyl groups is 1. The summed E-state index contributed by atoms with van der Waals surface area (Å²) in [5.41, 5.74) is 3.23. The van der Waals surface area contributed by atoms with E-state index in [2.05, 4.69) is 15.3 Å². The van der Waals surface area contributed by atoms with Crippen molar-refractivity contribution in [3.8, 4) is 17.0 Å². The Morgan fingerprint density at radius 2 is 1.92 bits per heavy atom. The van der Waals surface area contributed by atoms with Gasteiger partial charge in [-0.25, -0.2) is 9.97 Å². The lowest BCUT2D eigenvalue weighted by Gasteiger charge is -2.13. The van der Waals surface area contributed by atoms with E-state index in [9.17, 15) is 15.0 Å². The molecule has 26 heavy (non-hydrogen) atoms. The second kappa shape index (κ2) is 7.82. The van der Waals surface area contributed by atoms with E-state index in [0.29, 0.717) is 42.2 Å². The van der Waals surface area contributed by atoms with Gasteiger partial charge in [-0.3, -0.25) is 4.79 Å². The van der Waals surface area contributed by atoms with Gasteiger partial charge in [0.15, 0.2) is 5.82 Å². The first kappa shape index (κ1) is 17.7. The van der Waals surface area contributed by atoms with Gasteiger partial charge in [0.25, 0.3) is 0 Å². The molecule has 3 N–H and O–H groups in total. The molecule has 0 aliphatic heterocycles. The Balaban J connectivity index is 1.73. The van der Waals surface area contributed by atoms with Crippen molar-refractivity contribution in [2.45, 2.75) is 32.6 Å². The van der Waals surface area contributed by atoms with Crippen molar-refractivity contribution in [2.75, 3.05) is 5.32 Å². The first-order valence-electron chi connectivity index (χ1n) is 8.58. The van der Waals surface area contributed by atoms with Crippen LogP contribution in [0.15, 0.2) is 53.9 Å². The number of allylic oxidation sites excluding steroid dienone is 3. The zero-order valence-corrected chi connectivity index (χ0v) is 14.6. The fourth-order valence-corrected chi connectivity index (χ4v) is 2.75. The predicted molar refractivity (Wildman–Crippen MR) is 99.8 cm³/mol. The molecule has 134 valence electrons. The molecular weight excluding hydrogens is 330 g/mol. The number of nitrogens with one attached hydrogen (secondary N) is 1. The van der Waals surface area contributed by atoms with Crippen LogP contribution in [0.2, 0.25) is 0 Å². The minimum Gasteiger partial charge on any atom is -0.512 e. The number of aryl methyl sites for hydroxylation is 1. The summed E-state index contributed by atoms with van der Waals surface area (Å²) in [6.07, 6.45) is 7.20. The number of aromatic nitrogens is 2. The second-order valence-corrected chi connectivity index (χ2v) is 6.16. The van der Waals surface area contributed by atoms with Crippen molar-refractivity contribution in [2.24, 2.45) is 0 Å². The molecule has 0 bridgehead atoms. The molecule has 1 aromatic heterocycles. The van der Waals surface area contributed by atoms with Gasteiger partial charge >= 0.3 is 0 Å². The summed E-state index contributed by atoms with van der Waals surface area (Å²) < 4.78 is 0. The topological polar surface area (TPSA) is 95.3 Å². The van der Waals surface area contributed by atoms with Gasteiger partial charge in [0.1, 0.15) is 5.75 Å². The van der Waals surface area contributed by atoms with Crippen LogP contribution in [-0.4, -0.2) is 26.1 Å². The van der Waals surface area contributed by atoms with Crippen LogP contribution in [0.5, 0.6) is 5.75 Å². The Hall–Kier alpha value is -3.15. The minimum absolute atomic E-state index is 0.146. The van der Waals surface area contributed by atoms with Crippen molar-refractivity contribution < 1.29 is 15.0 Å². The lowest BCUT2D eigenvalue weighted by Crippen LogP contribution is -2.16. The highest BCUT2D eigenvalue weighted by molar-refractivity contribution is 5.92. The van der Waals surface area contributed by atoms with Gasteiger partial charge in [-0.15, -0.1) is 0 Å². The van der Waals surface area contributed by atoms with Crippen LogP contribution in [0, 0.1) is 0 Å². The van der Waals surface area contributed by atoms with Crippen LogP contribution in [0.3, 0.4) is 0 Å². The van der Waals surface area contributed by atoms with E-state index in [1.807, 2.05) is 6.92 Å². The number of rotatable bonds is 5. The van der Waals surface area contributed by atoms with Crippen molar-refractivity contribution in [3.05, 3.63) is 59.6 Å². The van der Waals surface area contributed by atoms with Gasteiger partial charge in [-0.05, 0) is 43.2 Å². The van der Waals surface area contributed by atoms with Crippen molar-refractivity contribution in [1.82, 2.24) is 9.97 Å². The minimum atomic E-state index is -0.146. The fourth-order valence-electron chi connectivity index (χ4n) is 2.75. The van der Waals surface area contributed by atoms with Crippen LogP contribution in [0.25, 0.3) is 11.3 Å². The maximum atomic E-state index is 12.3. The van der Waals surface area contributed by atoms with Crippen LogP contribution >= 0.6 is 0 Å². The molecular formula is C20H21N3O3. The normalized spacial score (nSPS) is 13.7. The van der Waals surface area contributed by atoms with Crippen LogP contribution in [0.4, 0.5) is 5.82 Å². The molecule has 0 radical (unpaired) electrons. The Morgan fingerprint density at radius 1 is 1.15 bits per heavy atom. The molecule has 1 amide bonds. The van der Waals surface area contributed by atoms with E-state index < -0.39 is 0 Å². The van der Waals surface area contributed by atoms with E-state index >= 15 is 0 Å². The molecule has 0 spiro atoms. The van der Waals surface area contributed by atoms with E-state index in [-0.39, 0.29) is 18.1 Å². The number of phenols is 1. The molecule has 6 heteroatoms. The summed E-state index contributed by atoms with van der Waals surface area (Å²) in [6.45, 7) is 1.96. The zero-order valence-electron chi connectivity index (χ0n) is 14.6. The number of aromatic hydroxyl groups is 1. The summed E-state index contributed by atoms with van der Waals surface area (Å²) >= 11 is 0. The third-order valence-corrected chi connectivity index (χ3v) is 4.20. The number of carbonyl (C=O) groups excluding carboxylic acids is 1. The largest absolute Gasteiger partial charge is 0.512 e. The quantitative estimate of drug-likeness (QED) is 0.759. The molecule has 1 aliphatic rings. The number of benzene rings is 1. The van der Waals surface area contributed by atoms with Gasteiger partial charge < -0.3 is 15.5 Å². The van der Waals surface area contributed by atoms with Crippen molar-refractivity contribution >= 4 is 11.7 Å². The van der Waals surface area contributed by atoms with Crippen molar-refractivity contribution in [1.29, 1.82) is 0 Å². The van der Waals surface area contributed by atoms with Crippen molar-refractivity contribution in [3.63, 3.8) is 0 Å². The zero-order chi connectivity index (χ0) is 18.5. The highest BCUT2D eigenvalue weighted by atomic mass is 16.3.